The van der Waals surface area contributed by atoms with Crippen LogP contribution in [0, 0.1) is 11.8 Å². The minimum absolute atomic E-state index is 0.262. The molecule has 0 aromatic carbocycles. The standard InChI is InChI=1S/C20H38O7S/c1-9-14(3)12-19(5,6)26-17(21)11-16(28(23,24)25)18(22)27-20(7,8)13-15(4)10-2/h14-16H,9-13H2,1-8H3,(H,23,24,25). The van der Waals surface area contributed by atoms with Crippen LogP contribution >= 0.6 is 0 Å². The van der Waals surface area contributed by atoms with Crippen molar-refractivity contribution in [3.05, 3.63) is 0 Å². The van der Waals surface area contributed by atoms with Crippen LogP contribution in [0.1, 0.15) is 87.5 Å². The number of hydrogen-bond donors (Lipinski definition) is 1. The van der Waals surface area contributed by atoms with E-state index in [1.165, 1.54) is 0 Å². The van der Waals surface area contributed by atoms with Crippen LogP contribution in [0.15, 0.2) is 0 Å². The Balaban J connectivity index is 5.20. The Morgan fingerprint density at radius 3 is 1.64 bits per heavy atom. The lowest BCUT2D eigenvalue weighted by atomic mass is 9.93. The molecule has 166 valence electrons. The van der Waals surface area contributed by atoms with E-state index >= 15 is 0 Å². The molecule has 0 fully saturated rings. The second-order valence-corrected chi connectivity index (χ2v) is 10.7. The minimum atomic E-state index is -4.82. The molecule has 0 aliphatic carbocycles. The Morgan fingerprint density at radius 1 is 0.893 bits per heavy atom. The van der Waals surface area contributed by atoms with Crippen LogP contribution in [0.2, 0.25) is 0 Å². The van der Waals surface area contributed by atoms with Crippen LogP contribution in [0.4, 0.5) is 0 Å². The molecule has 8 heteroatoms. The third kappa shape index (κ3) is 10.4. The number of esters is 2. The molecule has 0 amide bonds. The van der Waals surface area contributed by atoms with Crippen molar-refractivity contribution >= 4 is 22.1 Å². The first-order valence-corrected chi connectivity index (χ1v) is 11.4. The summed E-state index contributed by atoms with van der Waals surface area (Å²) in [5.41, 5.74) is -1.73. The molecule has 0 saturated carbocycles. The average Bonchev–Trinajstić information content (AvgIpc) is 2.48. The van der Waals surface area contributed by atoms with Gasteiger partial charge in [-0.05, 0) is 52.4 Å². The van der Waals surface area contributed by atoms with Crippen molar-refractivity contribution in [2.24, 2.45) is 11.8 Å². The van der Waals surface area contributed by atoms with Crippen molar-refractivity contribution < 1.29 is 32.0 Å². The minimum Gasteiger partial charge on any atom is -0.460 e. The molecule has 0 bridgehead atoms. The van der Waals surface area contributed by atoms with Gasteiger partial charge in [0, 0.05) is 0 Å². The third-order valence-electron chi connectivity index (χ3n) is 4.82. The fourth-order valence-electron chi connectivity index (χ4n) is 3.20. The molecule has 0 aromatic heterocycles. The van der Waals surface area contributed by atoms with Crippen molar-refractivity contribution in [2.75, 3.05) is 0 Å². The van der Waals surface area contributed by atoms with Gasteiger partial charge in [-0.25, -0.2) is 0 Å². The number of carbonyl (C=O) groups is 2. The number of hydrogen-bond acceptors (Lipinski definition) is 6. The van der Waals surface area contributed by atoms with Crippen molar-refractivity contribution in [1.82, 2.24) is 0 Å². The SMILES string of the molecule is CCC(C)CC(C)(C)OC(=O)CC(C(=O)OC(C)(C)CC(C)CC)S(=O)(=O)O. The van der Waals surface area contributed by atoms with Crippen molar-refractivity contribution in [3.8, 4) is 0 Å². The Morgan fingerprint density at radius 2 is 1.29 bits per heavy atom. The fraction of sp³-hybridized carbons (Fsp3) is 0.900. The molecule has 3 unspecified atom stereocenters. The topological polar surface area (TPSA) is 107 Å². The monoisotopic (exact) mass is 422 g/mol. The van der Waals surface area contributed by atoms with Gasteiger partial charge in [-0.15, -0.1) is 0 Å². The molecule has 0 radical (unpaired) electrons. The van der Waals surface area contributed by atoms with Gasteiger partial charge in [0.05, 0.1) is 6.42 Å². The molecule has 0 aliphatic rings. The first kappa shape index (κ1) is 26.9. The Bertz CT molecular complexity index is 622. The second kappa shape index (κ2) is 10.6. The van der Waals surface area contributed by atoms with E-state index in [-0.39, 0.29) is 5.92 Å². The summed E-state index contributed by atoms with van der Waals surface area (Å²) in [7, 11) is -4.82. The van der Waals surface area contributed by atoms with E-state index in [1.807, 2.05) is 27.7 Å². The largest absolute Gasteiger partial charge is 0.460 e. The van der Waals surface area contributed by atoms with E-state index in [0.29, 0.717) is 18.8 Å². The number of carbonyl (C=O) groups excluding carboxylic acids is 2. The normalized spacial score (nSPS) is 16.2. The summed E-state index contributed by atoms with van der Waals surface area (Å²) in [5, 5.41) is -2.00. The van der Waals surface area contributed by atoms with E-state index in [4.69, 9.17) is 9.47 Å². The molecule has 28 heavy (non-hydrogen) atoms. The molecule has 0 spiro atoms. The van der Waals surface area contributed by atoms with Crippen LogP contribution in [0.25, 0.3) is 0 Å². The van der Waals surface area contributed by atoms with Crippen LogP contribution in [-0.4, -0.2) is 41.4 Å². The molecule has 0 saturated heterocycles. The first-order chi connectivity index (χ1) is 12.5. The zero-order valence-corrected chi connectivity index (χ0v) is 19.4. The quantitative estimate of drug-likeness (QED) is 0.372. The van der Waals surface area contributed by atoms with Crippen LogP contribution in [0.3, 0.4) is 0 Å². The second-order valence-electron chi connectivity index (χ2n) is 9.06. The predicted molar refractivity (Wildman–Crippen MR) is 108 cm³/mol. The molecule has 0 heterocycles. The molecule has 7 nitrogen and oxygen atoms in total. The van der Waals surface area contributed by atoms with Crippen molar-refractivity contribution in [2.45, 2.75) is 104 Å². The van der Waals surface area contributed by atoms with E-state index < -0.39 is 44.9 Å². The maximum atomic E-state index is 12.4. The van der Waals surface area contributed by atoms with Gasteiger partial charge in [0.15, 0.2) is 5.25 Å². The first-order valence-electron chi connectivity index (χ1n) is 9.94. The van der Waals surface area contributed by atoms with E-state index in [2.05, 4.69) is 0 Å². The maximum Gasteiger partial charge on any atom is 0.327 e. The molecule has 3 atom stereocenters. The third-order valence-corrected chi connectivity index (χ3v) is 5.89. The summed E-state index contributed by atoms with van der Waals surface area (Å²) >= 11 is 0. The highest BCUT2D eigenvalue weighted by Crippen LogP contribution is 2.26. The highest BCUT2D eigenvalue weighted by atomic mass is 32.2. The molecule has 0 aliphatic heterocycles. The summed E-state index contributed by atoms with van der Waals surface area (Å²) in [4.78, 5) is 24.7. The van der Waals surface area contributed by atoms with E-state index in [1.54, 1.807) is 27.7 Å². The molecular weight excluding hydrogens is 384 g/mol. The van der Waals surface area contributed by atoms with Crippen LogP contribution < -0.4 is 0 Å². The summed E-state index contributed by atoms with van der Waals surface area (Å²) in [6.07, 6.45) is 2.12. The van der Waals surface area contributed by atoms with Crippen LogP contribution in [0.5, 0.6) is 0 Å². The highest BCUT2D eigenvalue weighted by Gasteiger charge is 2.39. The van der Waals surface area contributed by atoms with Gasteiger partial charge < -0.3 is 9.47 Å². The lowest BCUT2D eigenvalue weighted by Gasteiger charge is -2.30. The van der Waals surface area contributed by atoms with Crippen molar-refractivity contribution in [1.29, 1.82) is 0 Å². The Labute approximate surface area is 170 Å². The molecular formula is C20H38O7S. The average molecular weight is 423 g/mol. The molecule has 0 rings (SSSR count). The zero-order valence-electron chi connectivity index (χ0n) is 18.6. The van der Waals surface area contributed by atoms with Gasteiger partial charge >= 0.3 is 11.9 Å². The van der Waals surface area contributed by atoms with Gasteiger partial charge in [0.2, 0.25) is 0 Å². The fourth-order valence-corrected chi connectivity index (χ4v) is 3.84. The van der Waals surface area contributed by atoms with Gasteiger partial charge in [-0.1, -0.05) is 40.5 Å². The Hall–Kier alpha value is -1.15. The lowest BCUT2D eigenvalue weighted by molar-refractivity contribution is -0.165. The summed E-state index contributed by atoms with van der Waals surface area (Å²) in [6, 6.07) is 0. The molecule has 1 N–H and O–H groups in total. The summed E-state index contributed by atoms with van der Waals surface area (Å²) in [6.45, 7) is 14.8. The Kier molecular flexibility index (Phi) is 10.1. The lowest BCUT2D eigenvalue weighted by Crippen LogP contribution is -2.41. The summed E-state index contributed by atoms with van der Waals surface area (Å²) in [5.74, 6) is -1.44. The smallest absolute Gasteiger partial charge is 0.327 e. The highest BCUT2D eigenvalue weighted by molar-refractivity contribution is 7.87. The predicted octanol–water partition coefficient (Wildman–Crippen LogP) is 4.15. The van der Waals surface area contributed by atoms with E-state index in [0.717, 1.165) is 12.8 Å². The van der Waals surface area contributed by atoms with Gasteiger partial charge in [0.1, 0.15) is 11.2 Å². The van der Waals surface area contributed by atoms with Gasteiger partial charge in [0.25, 0.3) is 10.1 Å². The maximum absolute atomic E-state index is 12.4. The number of ether oxygens (including phenoxy) is 2. The van der Waals surface area contributed by atoms with Crippen molar-refractivity contribution in [3.63, 3.8) is 0 Å². The van der Waals surface area contributed by atoms with E-state index in [9.17, 15) is 22.6 Å². The van der Waals surface area contributed by atoms with Gasteiger partial charge in [-0.2, -0.15) is 8.42 Å². The van der Waals surface area contributed by atoms with Gasteiger partial charge in [-0.3, -0.25) is 14.1 Å². The summed E-state index contributed by atoms with van der Waals surface area (Å²) < 4.78 is 43.6. The number of rotatable bonds is 12. The van der Waals surface area contributed by atoms with Crippen LogP contribution in [-0.2, 0) is 29.2 Å². The zero-order chi connectivity index (χ0) is 22.3. The molecule has 0 aromatic rings.